The van der Waals surface area contributed by atoms with Gasteiger partial charge in [-0.15, -0.1) is 0 Å². The van der Waals surface area contributed by atoms with E-state index in [2.05, 4.69) is 25.0 Å². The summed E-state index contributed by atoms with van der Waals surface area (Å²) in [5.74, 6) is 0.608. The first-order valence-corrected chi connectivity index (χ1v) is 8.02. The van der Waals surface area contributed by atoms with Crippen molar-refractivity contribution in [1.29, 1.82) is 0 Å². The van der Waals surface area contributed by atoms with Crippen molar-refractivity contribution in [2.24, 2.45) is 21.8 Å². The molecule has 4 nitrogen and oxygen atoms in total. The summed E-state index contributed by atoms with van der Waals surface area (Å²) >= 11 is 0. The number of fused-ring (bicyclic) bond motifs is 3. The van der Waals surface area contributed by atoms with E-state index in [1.165, 1.54) is 18.6 Å². The summed E-state index contributed by atoms with van der Waals surface area (Å²) in [6, 6.07) is 0. The van der Waals surface area contributed by atoms with E-state index in [1.807, 2.05) is 19.1 Å². The Balaban J connectivity index is 2.00. The van der Waals surface area contributed by atoms with Gasteiger partial charge < -0.3 is 14.5 Å². The number of ether oxygens (including phenoxy) is 2. The van der Waals surface area contributed by atoms with Gasteiger partial charge in [-0.05, 0) is 43.1 Å². The van der Waals surface area contributed by atoms with Crippen LogP contribution in [0.25, 0.3) is 0 Å². The molecule has 0 spiro atoms. The summed E-state index contributed by atoms with van der Waals surface area (Å²) in [5.41, 5.74) is 3.00. The first kappa shape index (κ1) is 15.0. The lowest BCUT2D eigenvalue weighted by Crippen LogP contribution is -2.53. The minimum absolute atomic E-state index is 0.0788. The molecule has 21 heavy (non-hydrogen) atoms. The average Bonchev–Trinajstić information content (AvgIpc) is 2.77. The summed E-state index contributed by atoms with van der Waals surface area (Å²) in [5, 5.41) is 6.52. The highest BCUT2D eigenvalue weighted by Crippen LogP contribution is 2.64. The molecule has 3 rings (SSSR count). The molecule has 118 valence electrons. The minimum atomic E-state index is -0.0801. The molecular weight excluding hydrogens is 264 g/mol. The number of methoxy groups -OCH3 is 1. The van der Waals surface area contributed by atoms with Crippen LogP contribution in [0.1, 0.15) is 39.5 Å². The third-order valence-electron chi connectivity index (χ3n) is 6.21. The summed E-state index contributed by atoms with van der Waals surface area (Å²) in [7, 11) is 5.76. The van der Waals surface area contributed by atoms with E-state index in [0.717, 1.165) is 19.4 Å². The molecule has 0 radical (unpaired) electrons. The number of hydrazone groups is 1. The van der Waals surface area contributed by atoms with Gasteiger partial charge in [0.05, 0.1) is 12.3 Å². The van der Waals surface area contributed by atoms with Gasteiger partial charge >= 0.3 is 0 Å². The highest BCUT2D eigenvalue weighted by atomic mass is 16.7. The second-order valence-corrected chi connectivity index (χ2v) is 7.36. The standard InChI is InChI=1S/C17H28N2O2/c1-16-9-8-14(18-19(3)4)10-12(16)6-7-13-11-21-15(20-5)17(13,16)2/h10,13,15H,6-9,11H2,1-5H3/b18-14+/t13-,15-,16-,17+/m0/s1. The third kappa shape index (κ3) is 2.07. The van der Waals surface area contributed by atoms with Crippen molar-refractivity contribution in [3.8, 4) is 0 Å². The summed E-state index contributed by atoms with van der Waals surface area (Å²) in [4.78, 5) is 0. The highest BCUT2D eigenvalue weighted by molar-refractivity contribution is 5.96. The Hall–Kier alpha value is -0.870. The Bertz CT molecular complexity index is 477. The van der Waals surface area contributed by atoms with Gasteiger partial charge in [-0.2, -0.15) is 5.10 Å². The van der Waals surface area contributed by atoms with Crippen molar-refractivity contribution in [2.75, 3.05) is 27.8 Å². The van der Waals surface area contributed by atoms with E-state index in [4.69, 9.17) is 9.47 Å². The van der Waals surface area contributed by atoms with Crippen LogP contribution in [0.5, 0.6) is 0 Å². The normalized spacial score (nSPS) is 44.2. The second kappa shape index (κ2) is 5.10. The van der Waals surface area contributed by atoms with Crippen molar-refractivity contribution >= 4 is 5.71 Å². The van der Waals surface area contributed by atoms with Crippen molar-refractivity contribution < 1.29 is 9.47 Å². The van der Waals surface area contributed by atoms with Crippen molar-refractivity contribution in [3.05, 3.63) is 11.6 Å². The van der Waals surface area contributed by atoms with Gasteiger partial charge in [0.15, 0.2) is 6.29 Å². The van der Waals surface area contributed by atoms with E-state index < -0.39 is 0 Å². The van der Waals surface area contributed by atoms with Crippen LogP contribution in [0, 0.1) is 16.7 Å². The van der Waals surface area contributed by atoms with Crippen LogP contribution in [-0.2, 0) is 9.47 Å². The zero-order chi connectivity index (χ0) is 15.3. The lowest BCUT2D eigenvalue weighted by Gasteiger charge is -2.55. The second-order valence-electron chi connectivity index (χ2n) is 7.36. The Morgan fingerprint density at radius 3 is 2.76 bits per heavy atom. The fourth-order valence-electron chi connectivity index (χ4n) is 4.75. The van der Waals surface area contributed by atoms with Gasteiger partial charge in [-0.1, -0.05) is 19.4 Å². The number of hydrogen-bond acceptors (Lipinski definition) is 4. The van der Waals surface area contributed by atoms with Crippen LogP contribution in [0.15, 0.2) is 16.8 Å². The van der Waals surface area contributed by atoms with Crippen LogP contribution < -0.4 is 0 Å². The van der Waals surface area contributed by atoms with Crippen LogP contribution in [-0.4, -0.2) is 44.8 Å². The molecule has 1 saturated carbocycles. The largest absolute Gasteiger partial charge is 0.355 e. The molecule has 0 unspecified atom stereocenters. The molecule has 1 saturated heterocycles. The molecule has 0 aromatic heterocycles. The predicted octanol–water partition coefficient (Wildman–Crippen LogP) is 3.05. The third-order valence-corrected chi connectivity index (χ3v) is 6.21. The fourth-order valence-corrected chi connectivity index (χ4v) is 4.75. The smallest absolute Gasteiger partial charge is 0.163 e. The molecule has 0 bridgehead atoms. The van der Waals surface area contributed by atoms with E-state index in [9.17, 15) is 0 Å². The monoisotopic (exact) mass is 292 g/mol. The maximum Gasteiger partial charge on any atom is 0.163 e. The highest BCUT2D eigenvalue weighted by Gasteiger charge is 2.62. The first-order chi connectivity index (χ1) is 9.91. The van der Waals surface area contributed by atoms with E-state index in [0.29, 0.717) is 5.92 Å². The Morgan fingerprint density at radius 1 is 1.33 bits per heavy atom. The van der Waals surface area contributed by atoms with Crippen LogP contribution in [0.4, 0.5) is 0 Å². The molecular formula is C17H28N2O2. The lowest BCUT2D eigenvalue weighted by atomic mass is 9.49. The van der Waals surface area contributed by atoms with Gasteiger partial charge in [0.1, 0.15) is 0 Å². The molecule has 1 aliphatic heterocycles. The maximum atomic E-state index is 5.97. The number of allylic oxidation sites excluding steroid dienone is 2. The molecule has 0 aromatic carbocycles. The maximum absolute atomic E-state index is 5.97. The van der Waals surface area contributed by atoms with Crippen molar-refractivity contribution in [1.82, 2.24) is 5.01 Å². The van der Waals surface area contributed by atoms with Gasteiger partial charge in [-0.25, -0.2) is 0 Å². The van der Waals surface area contributed by atoms with Gasteiger partial charge in [0.25, 0.3) is 0 Å². The molecule has 2 aliphatic carbocycles. The SMILES string of the molecule is CO[C@H]1OC[C@@H]2CCC3=C/C(=N/N(C)C)CC[C@]3(C)[C@]21C. The molecule has 0 aromatic rings. The summed E-state index contributed by atoms with van der Waals surface area (Å²) in [6.07, 6.45) is 6.81. The van der Waals surface area contributed by atoms with Crippen LogP contribution in [0.2, 0.25) is 0 Å². The molecule has 4 atom stereocenters. The zero-order valence-corrected chi connectivity index (χ0v) is 14.0. The van der Waals surface area contributed by atoms with Crippen LogP contribution in [0.3, 0.4) is 0 Å². The molecule has 3 aliphatic rings. The number of rotatable bonds is 2. The van der Waals surface area contributed by atoms with E-state index >= 15 is 0 Å². The molecule has 4 heteroatoms. The Labute approximate surface area is 128 Å². The van der Waals surface area contributed by atoms with E-state index in [-0.39, 0.29) is 17.1 Å². The molecule has 1 heterocycles. The molecule has 2 fully saturated rings. The minimum Gasteiger partial charge on any atom is -0.355 e. The quantitative estimate of drug-likeness (QED) is 0.734. The number of hydrogen-bond donors (Lipinski definition) is 0. The topological polar surface area (TPSA) is 34.1 Å². The van der Waals surface area contributed by atoms with Crippen molar-refractivity contribution in [3.63, 3.8) is 0 Å². The van der Waals surface area contributed by atoms with Gasteiger partial charge in [0.2, 0.25) is 0 Å². The lowest BCUT2D eigenvalue weighted by molar-refractivity contribution is -0.174. The predicted molar refractivity (Wildman–Crippen MR) is 84.1 cm³/mol. The number of nitrogens with zero attached hydrogens (tertiary/aromatic N) is 2. The van der Waals surface area contributed by atoms with Gasteiger partial charge in [-0.3, -0.25) is 0 Å². The molecule has 0 N–H and O–H groups in total. The Morgan fingerprint density at radius 2 is 2.10 bits per heavy atom. The summed E-state index contributed by atoms with van der Waals surface area (Å²) in [6.45, 7) is 5.63. The van der Waals surface area contributed by atoms with Gasteiger partial charge in [0, 0.05) is 26.6 Å². The Kier molecular flexibility index (Phi) is 3.65. The molecule has 0 amide bonds. The summed E-state index contributed by atoms with van der Waals surface area (Å²) < 4.78 is 11.7. The fraction of sp³-hybridized carbons (Fsp3) is 0.824. The van der Waals surface area contributed by atoms with Crippen molar-refractivity contribution in [2.45, 2.75) is 45.8 Å². The zero-order valence-electron chi connectivity index (χ0n) is 14.0. The average molecular weight is 292 g/mol. The first-order valence-electron chi connectivity index (χ1n) is 8.02. The van der Waals surface area contributed by atoms with E-state index in [1.54, 1.807) is 12.7 Å². The van der Waals surface area contributed by atoms with Crippen LogP contribution >= 0.6 is 0 Å².